The maximum atomic E-state index is 3.97. The van der Waals surface area contributed by atoms with E-state index in [0.717, 1.165) is 19.0 Å². The van der Waals surface area contributed by atoms with Gasteiger partial charge in [0.2, 0.25) is 0 Å². The van der Waals surface area contributed by atoms with Crippen LogP contribution in [-0.4, -0.2) is 12.6 Å². The molecule has 1 aromatic rings. The third-order valence-electron chi connectivity index (χ3n) is 10.5. The van der Waals surface area contributed by atoms with Gasteiger partial charge in [0.05, 0.1) is 0 Å². The van der Waals surface area contributed by atoms with Crippen molar-refractivity contribution in [1.82, 2.24) is 5.32 Å². The van der Waals surface area contributed by atoms with E-state index in [1.165, 1.54) is 224 Å². The van der Waals surface area contributed by atoms with Crippen molar-refractivity contribution in [3.8, 4) is 0 Å². The summed E-state index contributed by atoms with van der Waals surface area (Å²) in [4.78, 5) is 0. The van der Waals surface area contributed by atoms with Gasteiger partial charge in [0.1, 0.15) is 0 Å². The zero-order valence-corrected chi connectivity index (χ0v) is 33.1. The number of nitrogens with one attached hydrogen (secondary N) is 1. The molecule has 278 valence electrons. The Balaban J connectivity index is 0.0000212. The molecule has 2 heteroatoms. The van der Waals surface area contributed by atoms with Crippen LogP contribution in [0.15, 0.2) is 30.3 Å². The Morgan fingerprint density at radius 3 is 0.957 bits per heavy atom. The molecule has 1 aromatic carbocycles. The standard InChI is InChI=1S/C45H85N.ClH/c1-3-5-7-9-11-13-15-17-19-21-23-25-27-29-31-36-40-45(46-43-42-44-38-34-33-35-39-44)41-37-32-30-28-26-24-22-20-18-16-14-12-10-8-6-4-2;/h33-35,38-39,45-46H,3-32,36-37,40-43H2,1-2H3;1H. The molecule has 0 unspecified atom stereocenters. The normalized spacial score (nSPS) is 11.4. The van der Waals surface area contributed by atoms with Gasteiger partial charge in [-0.3, -0.25) is 0 Å². The second-order valence-electron chi connectivity index (χ2n) is 15.1. The lowest BCUT2D eigenvalue weighted by Crippen LogP contribution is -2.31. The number of benzene rings is 1. The minimum absolute atomic E-state index is 0. The van der Waals surface area contributed by atoms with Crippen molar-refractivity contribution in [2.45, 2.75) is 245 Å². The highest BCUT2D eigenvalue weighted by atomic mass is 35.5. The molecule has 0 aliphatic carbocycles. The van der Waals surface area contributed by atoms with E-state index in [4.69, 9.17) is 0 Å². The number of halogens is 1. The van der Waals surface area contributed by atoms with E-state index in [0.29, 0.717) is 0 Å². The van der Waals surface area contributed by atoms with Gasteiger partial charge in [0, 0.05) is 6.04 Å². The Labute approximate surface area is 303 Å². The number of hydrogen-bond acceptors (Lipinski definition) is 1. The molecule has 1 rings (SSSR count). The third-order valence-corrected chi connectivity index (χ3v) is 10.5. The number of unbranched alkanes of at least 4 members (excludes halogenated alkanes) is 30. The molecule has 0 spiro atoms. The first kappa shape index (κ1) is 46.5. The highest BCUT2D eigenvalue weighted by Gasteiger charge is 2.08. The molecule has 0 saturated heterocycles. The molecule has 0 heterocycles. The van der Waals surface area contributed by atoms with Gasteiger partial charge in [-0.05, 0) is 31.4 Å². The summed E-state index contributed by atoms with van der Waals surface area (Å²) in [6.45, 7) is 5.75. The minimum atomic E-state index is 0. The van der Waals surface area contributed by atoms with Crippen LogP contribution in [0.5, 0.6) is 0 Å². The van der Waals surface area contributed by atoms with Gasteiger partial charge in [0.15, 0.2) is 0 Å². The monoisotopic (exact) mass is 676 g/mol. The van der Waals surface area contributed by atoms with Gasteiger partial charge in [-0.1, -0.05) is 250 Å². The zero-order chi connectivity index (χ0) is 32.9. The van der Waals surface area contributed by atoms with Crippen LogP contribution < -0.4 is 5.32 Å². The smallest absolute Gasteiger partial charge is 0.00671 e. The van der Waals surface area contributed by atoms with Crippen LogP contribution in [0.4, 0.5) is 0 Å². The molecule has 0 atom stereocenters. The second kappa shape index (κ2) is 39.9. The van der Waals surface area contributed by atoms with Crippen LogP contribution in [0, 0.1) is 0 Å². The molecule has 0 amide bonds. The van der Waals surface area contributed by atoms with Gasteiger partial charge >= 0.3 is 0 Å². The first-order chi connectivity index (χ1) is 22.9. The summed E-state index contributed by atoms with van der Waals surface area (Å²) in [6.07, 6.45) is 50.5. The lowest BCUT2D eigenvalue weighted by Gasteiger charge is -2.19. The number of rotatable bonds is 38. The Bertz CT molecular complexity index is 640. The third kappa shape index (κ3) is 35.1. The van der Waals surface area contributed by atoms with Crippen molar-refractivity contribution in [3.63, 3.8) is 0 Å². The van der Waals surface area contributed by atoms with E-state index in [2.05, 4.69) is 49.5 Å². The quantitative estimate of drug-likeness (QED) is 0.0688. The topological polar surface area (TPSA) is 12.0 Å². The molecule has 0 radical (unpaired) electrons. The maximum absolute atomic E-state index is 3.97. The van der Waals surface area contributed by atoms with E-state index >= 15 is 0 Å². The maximum Gasteiger partial charge on any atom is 0.00671 e. The molecule has 0 bridgehead atoms. The average molecular weight is 677 g/mol. The second-order valence-corrected chi connectivity index (χ2v) is 15.1. The molecule has 0 aliphatic heterocycles. The molecule has 0 aliphatic rings. The largest absolute Gasteiger partial charge is 0.314 e. The first-order valence-corrected chi connectivity index (χ1v) is 21.6. The minimum Gasteiger partial charge on any atom is -0.314 e. The number of hydrogen-bond donors (Lipinski definition) is 1. The first-order valence-electron chi connectivity index (χ1n) is 21.6. The Morgan fingerprint density at radius 1 is 0.383 bits per heavy atom. The van der Waals surface area contributed by atoms with Crippen molar-refractivity contribution in [2.75, 3.05) is 6.54 Å². The van der Waals surface area contributed by atoms with Crippen LogP contribution >= 0.6 is 12.4 Å². The van der Waals surface area contributed by atoms with E-state index in [1.807, 2.05) is 0 Å². The van der Waals surface area contributed by atoms with Crippen molar-refractivity contribution in [2.24, 2.45) is 0 Å². The van der Waals surface area contributed by atoms with Crippen LogP contribution in [0.3, 0.4) is 0 Å². The van der Waals surface area contributed by atoms with E-state index in [1.54, 1.807) is 0 Å². The summed E-state index contributed by atoms with van der Waals surface area (Å²) in [6, 6.07) is 11.8. The van der Waals surface area contributed by atoms with Crippen molar-refractivity contribution >= 4 is 12.4 Å². The average Bonchev–Trinajstić information content (AvgIpc) is 3.08. The fraction of sp³-hybridized carbons (Fsp3) is 0.867. The molecular formula is C45H86ClN. The predicted molar refractivity (Wildman–Crippen MR) is 218 cm³/mol. The van der Waals surface area contributed by atoms with Gasteiger partial charge < -0.3 is 5.32 Å². The van der Waals surface area contributed by atoms with Gasteiger partial charge in [-0.25, -0.2) is 0 Å². The molecule has 0 saturated carbocycles. The van der Waals surface area contributed by atoms with Crippen molar-refractivity contribution < 1.29 is 0 Å². The fourth-order valence-electron chi connectivity index (χ4n) is 7.29. The Kier molecular flexibility index (Phi) is 39.5. The van der Waals surface area contributed by atoms with Gasteiger partial charge in [-0.2, -0.15) is 0 Å². The summed E-state index contributed by atoms with van der Waals surface area (Å²) in [5.41, 5.74) is 1.47. The molecule has 47 heavy (non-hydrogen) atoms. The lowest BCUT2D eigenvalue weighted by atomic mass is 9.99. The van der Waals surface area contributed by atoms with E-state index in [-0.39, 0.29) is 12.4 Å². The highest BCUT2D eigenvalue weighted by molar-refractivity contribution is 5.85. The van der Waals surface area contributed by atoms with Crippen LogP contribution in [-0.2, 0) is 6.42 Å². The highest BCUT2D eigenvalue weighted by Crippen LogP contribution is 2.18. The van der Waals surface area contributed by atoms with E-state index in [9.17, 15) is 0 Å². The van der Waals surface area contributed by atoms with Gasteiger partial charge in [-0.15, -0.1) is 12.4 Å². The zero-order valence-electron chi connectivity index (χ0n) is 32.3. The van der Waals surface area contributed by atoms with Gasteiger partial charge in [0.25, 0.3) is 0 Å². The predicted octanol–water partition coefficient (Wildman–Crippen LogP) is 15.9. The lowest BCUT2D eigenvalue weighted by molar-refractivity contribution is 0.413. The molecule has 0 fully saturated rings. The van der Waals surface area contributed by atoms with Crippen molar-refractivity contribution in [3.05, 3.63) is 35.9 Å². The molecule has 0 aromatic heterocycles. The summed E-state index contributed by atoms with van der Waals surface area (Å²) < 4.78 is 0. The molecular weight excluding hydrogens is 590 g/mol. The summed E-state index contributed by atoms with van der Waals surface area (Å²) in [5.74, 6) is 0. The van der Waals surface area contributed by atoms with Crippen molar-refractivity contribution in [1.29, 1.82) is 0 Å². The summed E-state index contributed by atoms with van der Waals surface area (Å²) in [5, 5.41) is 3.97. The van der Waals surface area contributed by atoms with Crippen LogP contribution in [0.1, 0.15) is 238 Å². The Morgan fingerprint density at radius 2 is 0.660 bits per heavy atom. The summed E-state index contributed by atoms with van der Waals surface area (Å²) >= 11 is 0. The fourth-order valence-corrected chi connectivity index (χ4v) is 7.29. The van der Waals surface area contributed by atoms with Crippen LogP contribution in [0.25, 0.3) is 0 Å². The SMILES string of the molecule is CCCCCCCCCCCCCCCCCCC(CCCCCCCCCCCCCCCCCC)NCCc1ccccc1.Cl. The van der Waals surface area contributed by atoms with E-state index < -0.39 is 0 Å². The Hall–Kier alpha value is -0.530. The summed E-state index contributed by atoms with van der Waals surface area (Å²) in [7, 11) is 0. The molecule has 1 N–H and O–H groups in total. The molecule has 1 nitrogen and oxygen atoms in total. The van der Waals surface area contributed by atoms with Crippen LogP contribution in [0.2, 0.25) is 0 Å².